The van der Waals surface area contributed by atoms with Gasteiger partial charge in [0.2, 0.25) is 0 Å². The predicted octanol–water partition coefficient (Wildman–Crippen LogP) is 3.31. The number of hydrogen-bond donors (Lipinski definition) is 1. The Morgan fingerprint density at radius 3 is 2.70 bits per heavy atom. The maximum absolute atomic E-state index is 6.09. The largest absolute Gasteiger partial charge is 0.494 e. The van der Waals surface area contributed by atoms with E-state index in [1.807, 2.05) is 25.1 Å². The van der Waals surface area contributed by atoms with Crippen molar-refractivity contribution in [3.63, 3.8) is 0 Å². The Morgan fingerprint density at radius 1 is 1.30 bits per heavy atom. The van der Waals surface area contributed by atoms with Crippen LogP contribution in [-0.2, 0) is 6.54 Å². The van der Waals surface area contributed by atoms with Crippen LogP contribution in [0.15, 0.2) is 18.2 Å². The van der Waals surface area contributed by atoms with Crippen molar-refractivity contribution >= 4 is 11.6 Å². The average molecular weight is 297 g/mol. The molecule has 1 heterocycles. The van der Waals surface area contributed by atoms with E-state index in [2.05, 4.69) is 17.1 Å². The van der Waals surface area contributed by atoms with Crippen LogP contribution in [0.5, 0.6) is 5.75 Å². The summed E-state index contributed by atoms with van der Waals surface area (Å²) in [7, 11) is 0. The second-order valence-corrected chi connectivity index (χ2v) is 5.71. The number of benzene rings is 1. The Kier molecular flexibility index (Phi) is 6.14. The highest BCUT2D eigenvalue weighted by atomic mass is 35.5. The van der Waals surface area contributed by atoms with Crippen LogP contribution in [0.2, 0.25) is 5.02 Å². The van der Waals surface area contributed by atoms with Gasteiger partial charge in [-0.2, -0.15) is 0 Å². The highest BCUT2D eigenvalue weighted by Gasteiger charge is 2.17. The van der Waals surface area contributed by atoms with Gasteiger partial charge in [-0.1, -0.05) is 18.5 Å². The molecule has 20 heavy (non-hydrogen) atoms. The molecule has 1 saturated heterocycles. The van der Waals surface area contributed by atoms with Gasteiger partial charge in [-0.15, -0.1) is 0 Å². The minimum atomic E-state index is 0.603. The summed E-state index contributed by atoms with van der Waals surface area (Å²) in [6, 6.07) is 6.45. The lowest BCUT2D eigenvalue weighted by atomic mass is 10.0. The number of likely N-dealkylation sites (tertiary alicyclic amines) is 1. The van der Waals surface area contributed by atoms with E-state index in [0.717, 1.165) is 29.4 Å². The average Bonchev–Trinajstić information content (AvgIpc) is 2.48. The molecule has 0 saturated carbocycles. The Hall–Kier alpha value is -0.770. The smallest absolute Gasteiger partial charge is 0.123 e. The van der Waals surface area contributed by atoms with Gasteiger partial charge >= 0.3 is 0 Å². The lowest BCUT2D eigenvalue weighted by Gasteiger charge is -2.31. The van der Waals surface area contributed by atoms with Crippen molar-refractivity contribution in [3.8, 4) is 5.75 Å². The molecule has 0 aromatic heterocycles. The maximum Gasteiger partial charge on any atom is 0.123 e. The van der Waals surface area contributed by atoms with Gasteiger partial charge in [0.15, 0.2) is 0 Å². The van der Waals surface area contributed by atoms with E-state index >= 15 is 0 Å². The molecule has 2 rings (SSSR count). The number of nitrogens with one attached hydrogen (secondary N) is 1. The molecule has 0 bridgehead atoms. The lowest BCUT2D eigenvalue weighted by molar-refractivity contribution is 0.205. The van der Waals surface area contributed by atoms with Crippen LogP contribution in [0.25, 0.3) is 0 Å². The topological polar surface area (TPSA) is 24.5 Å². The van der Waals surface area contributed by atoms with Crippen LogP contribution in [0, 0.1) is 0 Å². The molecule has 1 aromatic carbocycles. The highest BCUT2D eigenvalue weighted by molar-refractivity contribution is 6.30. The summed E-state index contributed by atoms with van der Waals surface area (Å²) in [5, 5.41) is 4.41. The number of ether oxygens (including phenoxy) is 1. The molecule has 1 aromatic rings. The summed E-state index contributed by atoms with van der Waals surface area (Å²) >= 11 is 6.09. The molecule has 1 N–H and O–H groups in total. The van der Waals surface area contributed by atoms with E-state index in [9.17, 15) is 0 Å². The second kappa shape index (κ2) is 7.87. The van der Waals surface area contributed by atoms with Gasteiger partial charge in [0.05, 0.1) is 6.61 Å². The molecule has 1 aliphatic rings. The highest BCUT2D eigenvalue weighted by Crippen LogP contribution is 2.23. The minimum absolute atomic E-state index is 0.603. The lowest BCUT2D eigenvalue weighted by Crippen LogP contribution is -2.42. The summed E-state index contributed by atoms with van der Waals surface area (Å²) in [5.41, 5.74) is 1.15. The van der Waals surface area contributed by atoms with Crippen molar-refractivity contribution in [2.75, 3.05) is 26.2 Å². The number of nitrogens with zero attached hydrogens (tertiary/aromatic N) is 1. The molecule has 0 spiro atoms. The van der Waals surface area contributed by atoms with Crippen LogP contribution in [0.4, 0.5) is 0 Å². The SMILES string of the molecule is CCOc1ccc(Cl)cc1CNC1CCN(CC)CC1. The molecule has 3 nitrogen and oxygen atoms in total. The molecular weight excluding hydrogens is 272 g/mol. The molecule has 4 heteroatoms. The van der Waals surface area contributed by atoms with Crippen molar-refractivity contribution in [2.45, 2.75) is 39.3 Å². The van der Waals surface area contributed by atoms with Gasteiger partial charge in [0.25, 0.3) is 0 Å². The summed E-state index contributed by atoms with van der Waals surface area (Å²) in [6.07, 6.45) is 2.44. The Bertz CT molecular complexity index is 417. The monoisotopic (exact) mass is 296 g/mol. The minimum Gasteiger partial charge on any atom is -0.494 e. The zero-order valence-corrected chi connectivity index (χ0v) is 13.2. The Morgan fingerprint density at radius 2 is 2.05 bits per heavy atom. The molecule has 0 atom stereocenters. The summed E-state index contributed by atoms with van der Waals surface area (Å²) in [6.45, 7) is 9.30. The third-order valence-corrected chi connectivity index (χ3v) is 4.17. The fraction of sp³-hybridized carbons (Fsp3) is 0.625. The number of halogens is 1. The van der Waals surface area contributed by atoms with E-state index in [0.29, 0.717) is 12.6 Å². The van der Waals surface area contributed by atoms with Crippen molar-refractivity contribution in [1.29, 1.82) is 0 Å². The van der Waals surface area contributed by atoms with Gasteiger partial charge < -0.3 is 15.0 Å². The molecule has 1 fully saturated rings. The van der Waals surface area contributed by atoms with Crippen molar-refractivity contribution < 1.29 is 4.74 Å². The fourth-order valence-electron chi connectivity index (χ4n) is 2.69. The number of piperidine rings is 1. The molecule has 0 amide bonds. The third kappa shape index (κ3) is 4.37. The standard InChI is InChI=1S/C16H25ClN2O/c1-3-19-9-7-15(8-10-19)18-12-13-11-14(17)5-6-16(13)20-4-2/h5-6,11,15,18H,3-4,7-10,12H2,1-2H3. The molecule has 0 unspecified atom stereocenters. The first kappa shape index (κ1) is 15.6. The first-order valence-electron chi connectivity index (χ1n) is 7.59. The summed E-state index contributed by atoms with van der Waals surface area (Å²) < 4.78 is 5.66. The van der Waals surface area contributed by atoms with Crippen LogP contribution >= 0.6 is 11.6 Å². The van der Waals surface area contributed by atoms with Gasteiger partial charge in [0.1, 0.15) is 5.75 Å². The van der Waals surface area contributed by atoms with Gasteiger partial charge in [0, 0.05) is 23.2 Å². The maximum atomic E-state index is 6.09. The van der Waals surface area contributed by atoms with Crippen LogP contribution in [0.1, 0.15) is 32.3 Å². The normalized spacial score (nSPS) is 17.4. The van der Waals surface area contributed by atoms with Crippen LogP contribution < -0.4 is 10.1 Å². The van der Waals surface area contributed by atoms with Crippen molar-refractivity contribution in [2.24, 2.45) is 0 Å². The van der Waals surface area contributed by atoms with E-state index in [-0.39, 0.29) is 0 Å². The zero-order chi connectivity index (χ0) is 14.4. The predicted molar refractivity (Wildman–Crippen MR) is 84.6 cm³/mol. The molecule has 1 aliphatic heterocycles. The molecule has 0 aliphatic carbocycles. The third-order valence-electron chi connectivity index (χ3n) is 3.94. The number of hydrogen-bond acceptors (Lipinski definition) is 3. The van der Waals surface area contributed by atoms with Gasteiger partial charge in [-0.25, -0.2) is 0 Å². The van der Waals surface area contributed by atoms with Gasteiger partial charge in [-0.3, -0.25) is 0 Å². The summed E-state index contributed by atoms with van der Waals surface area (Å²) in [4.78, 5) is 2.50. The first-order valence-corrected chi connectivity index (χ1v) is 7.97. The fourth-order valence-corrected chi connectivity index (χ4v) is 2.88. The van der Waals surface area contributed by atoms with Crippen molar-refractivity contribution in [3.05, 3.63) is 28.8 Å². The van der Waals surface area contributed by atoms with Crippen LogP contribution in [0.3, 0.4) is 0 Å². The van der Waals surface area contributed by atoms with Crippen molar-refractivity contribution in [1.82, 2.24) is 10.2 Å². The van der Waals surface area contributed by atoms with E-state index in [1.54, 1.807) is 0 Å². The number of rotatable bonds is 6. The second-order valence-electron chi connectivity index (χ2n) is 5.27. The first-order chi connectivity index (χ1) is 9.72. The molecule has 0 radical (unpaired) electrons. The molecular formula is C16H25ClN2O. The molecule has 112 valence electrons. The van der Waals surface area contributed by atoms with E-state index in [1.165, 1.54) is 25.9 Å². The zero-order valence-electron chi connectivity index (χ0n) is 12.5. The quantitative estimate of drug-likeness (QED) is 0.871. The Labute approximate surface area is 127 Å². The summed E-state index contributed by atoms with van der Waals surface area (Å²) in [5.74, 6) is 0.940. The van der Waals surface area contributed by atoms with E-state index in [4.69, 9.17) is 16.3 Å². The van der Waals surface area contributed by atoms with Gasteiger partial charge in [-0.05, 0) is 57.6 Å². The van der Waals surface area contributed by atoms with Crippen LogP contribution in [-0.4, -0.2) is 37.2 Å². The Balaban J connectivity index is 1.88. The van der Waals surface area contributed by atoms with E-state index < -0.39 is 0 Å².